The average Bonchev–Trinajstić information content (AvgIpc) is 2.70. The Morgan fingerprint density at radius 1 is 1.21 bits per heavy atom. The largest absolute Gasteiger partial charge is 0.461 e. The van der Waals surface area contributed by atoms with Gasteiger partial charge < -0.3 is 29.9 Å². The van der Waals surface area contributed by atoms with E-state index in [-0.39, 0.29) is 5.69 Å². The molecule has 3 rings (SSSR count). The summed E-state index contributed by atoms with van der Waals surface area (Å²) in [7, 11) is 0. The fourth-order valence-corrected chi connectivity index (χ4v) is 3.24. The molecular weight excluding hydrogens is 382 g/mol. The summed E-state index contributed by atoms with van der Waals surface area (Å²) in [6.45, 7) is 2.47. The number of benzene rings is 2. The Labute approximate surface area is 166 Å². The third-order valence-electron chi connectivity index (χ3n) is 5.06. The predicted molar refractivity (Wildman–Crippen MR) is 102 cm³/mol. The lowest BCUT2D eigenvalue weighted by molar-refractivity contribution is -0.384. The van der Waals surface area contributed by atoms with Crippen LogP contribution in [0.1, 0.15) is 12.5 Å². The fraction of sp³-hybridized carbons (Fsp3) is 0.400. The number of nitro benzene ring substituents is 1. The van der Waals surface area contributed by atoms with Crippen molar-refractivity contribution in [3.8, 4) is 16.9 Å². The zero-order valence-corrected chi connectivity index (χ0v) is 15.9. The number of aliphatic hydroxyl groups is 4. The van der Waals surface area contributed by atoms with Gasteiger partial charge in [-0.3, -0.25) is 10.1 Å². The van der Waals surface area contributed by atoms with Gasteiger partial charge in [-0.1, -0.05) is 18.2 Å². The minimum Gasteiger partial charge on any atom is -0.461 e. The van der Waals surface area contributed by atoms with E-state index in [0.717, 1.165) is 5.56 Å². The van der Waals surface area contributed by atoms with Crippen molar-refractivity contribution in [3.63, 3.8) is 0 Å². The van der Waals surface area contributed by atoms with Crippen LogP contribution in [0, 0.1) is 17.0 Å². The molecule has 2 aromatic rings. The summed E-state index contributed by atoms with van der Waals surface area (Å²) in [5, 5.41) is 51.0. The molecule has 1 aliphatic rings. The van der Waals surface area contributed by atoms with Crippen LogP contribution in [-0.2, 0) is 4.74 Å². The van der Waals surface area contributed by atoms with Crippen molar-refractivity contribution < 1.29 is 34.8 Å². The molecule has 0 amide bonds. The maximum absolute atomic E-state index is 11.0. The van der Waals surface area contributed by atoms with E-state index >= 15 is 0 Å². The van der Waals surface area contributed by atoms with Crippen LogP contribution >= 0.6 is 0 Å². The van der Waals surface area contributed by atoms with Crippen LogP contribution in [-0.4, -0.2) is 62.2 Å². The summed E-state index contributed by atoms with van der Waals surface area (Å²) in [6, 6.07) is 11.3. The van der Waals surface area contributed by atoms with Gasteiger partial charge in [-0.25, -0.2) is 0 Å². The molecule has 1 saturated heterocycles. The molecule has 0 saturated carbocycles. The minimum absolute atomic E-state index is 0.0188. The number of hydrogen-bond donors (Lipinski definition) is 4. The van der Waals surface area contributed by atoms with Crippen molar-refractivity contribution in [2.75, 3.05) is 6.61 Å². The van der Waals surface area contributed by atoms with Crippen LogP contribution < -0.4 is 4.74 Å². The summed E-state index contributed by atoms with van der Waals surface area (Å²) < 4.78 is 11.2. The van der Waals surface area contributed by atoms with Gasteiger partial charge in [0.05, 0.1) is 11.5 Å². The first kappa shape index (κ1) is 21.2. The molecule has 9 nitrogen and oxygen atoms in total. The zero-order chi connectivity index (χ0) is 21.3. The summed E-state index contributed by atoms with van der Waals surface area (Å²) in [5.41, 5.74) is 0.118. The third-order valence-corrected chi connectivity index (χ3v) is 5.06. The van der Waals surface area contributed by atoms with Crippen molar-refractivity contribution in [1.82, 2.24) is 0 Å². The number of ether oxygens (including phenoxy) is 2. The smallest absolute Gasteiger partial charge is 0.270 e. The standard InChI is InChI=1S/C20H23NO8/c1-11-8-13(12-4-3-5-14(9-12)21(26)27)6-7-15(11)28-19-20(2,25)18(24)17(23)16(10-22)29-19/h3-9,16-19,22-25H,10H2,1-2H3/t16-,17-,18+,19+,20+/m1/s1. The molecule has 0 unspecified atom stereocenters. The van der Waals surface area contributed by atoms with Crippen molar-refractivity contribution in [1.29, 1.82) is 0 Å². The SMILES string of the molecule is Cc1cc(-c2cccc([N+](=O)[O-])c2)ccc1O[C@H]1O[C@H](CO)[C@@H](O)[C@H](O)[C@]1(C)O. The maximum atomic E-state index is 11.0. The van der Waals surface area contributed by atoms with E-state index in [1.54, 1.807) is 37.3 Å². The number of nitrogens with zero attached hydrogens (tertiary/aromatic N) is 1. The Hall–Kier alpha value is -2.56. The van der Waals surface area contributed by atoms with Crippen LogP contribution in [0.25, 0.3) is 11.1 Å². The highest BCUT2D eigenvalue weighted by Gasteiger charge is 2.53. The second-order valence-corrected chi connectivity index (χ2v) is 7.26. The van der Waals surface area contributed by atoms with Crippen LogP contribution in [0.4, 0.5) is 5.69 Å². The highest BCUT2D eigenvalue weighted by molar-refractivity contribution is 5.68. The number of aryl methyl sites for hydroxylation is 1. The van der Waals surface area contributed by atoms with Crippen LogP contribution in [0.3, 0.4) is 0 Å². The van der Waals surface area contributed by atoms with Gasteiger partial charge in [0.15, 0.2) is 5.60 Å². The number of hydrogen-bond acceptors (Lipinski definition) is 8. The van der Waals surface area contributed by atoms with Gasteiger partial charge in [0, 0.05) is 12.1 Å². The van der Waals surface area contributed by atoms with Crippen molar-refractivity contribution >= 4 is 5.69 Å². The molecule has 1 heterocycles. The molecule has 0 radical (unpaired) electrons. The van der Waals surface area contributed by atoms with Crippen LogP contribution in [0.15, 0.2) is 42.5 Å². The Balaban J connectivity index is 1.85. The van der Waals surface area contributed by atoms with E-state index in [4.69, 9.17) is 9.47 Å². The van der Waals surface area contributed by atoms with E-state index in [0.29, 0.717) is 16.9 Å². The van der Waals surface area contributed by atoms with Gasteiger partial charge in [-0.05, 0) is 42.7 Å². The second kappa shape index (κ2) is 8.05. The topological polar surface area (TPSA) is 143 Å². The molecule has 0 aromatic heterocycles. The molecule has 9 heteroatoms. The molecule has 5 atom stereocenters. The molecular formula is C20H23NO8. The van der Waals surface area contributed by atoms with Gasteiger partial charge in [0.1, 0.15) is 24.1 Å². The first-order valence-electron chi connectivity index (χ1n) is 9.02. The average molecular weight is 405 g/mol. The van der Waals surface area contributed by atoms with Crippen LogP contribution in [0.5, 0.6) is 5.75 Å². The molecule has 0 spiro atoms. The van der Waals surface area contributed by atoms with Gasteiger partial charge in [-0.15, -0.1) is 0 Å². The monoisotopic (exact) mass is 405 g/mol. The minimum atomic E-state index is -1.92. The highest BCUT2D eigenvalue weighted by Crippen LogP contribution is 2.34. The van der Waals surface area contributed by atoms with Gasteiger partial charge in [-0.2, -0.15) is 0 Å². The summed E-state index contributed by atoms with van der Waals surface area (Å²) >= 11 is 0. The molecule has 156 valence electrons. The van der Waals surface area contributed by atoms with E-state index in [9.17, 15) is 30.5 Å². The number of non-ortho nitro benzene ring substituents is 1. The lowest BCUT2D eigenvalue weighted by Crippen LogP contribution is -2.66. The lowest BCUT2D eigenvalue weighted by atomic mass is 9.88. The summed E-state index contributed by atoms with van der Waals surface area (Å²) in [6.07, 6.45) is -5.49. The number of rotatable bonds is 5. The molecule has 0 aliphatic carbocycles. The first-order chi connectivity index (χ1) is 13.6. The van der Waals surface area contributed by atoms with Crippen molar-refractivity contribution in [3.05, 3.63) is 58.1 Å². The van der Waals surface area contributed by atoms with Gasteiger partial charge >= 0.3 is 0 Å². The predicted octanol–water partition coefficient (Wildman–Crippen LogP) is 1.14. The molecule has 29 heavy (non-hydrogen) atoms. The fourth-order valence-electron chi connectivity index (χ4n) is 3.24. The Morgan fingerprint density at radius 2 is 1.90 bits per heavy atom. The lowest BCUT2D eigenvalue weighted by Gasteiger charge is -2.45. The first-order valence-corrected chi connectivity index (χ1v) is 9.02. The third kappa shape index (κ3) is 4.09. The molecule has 4 N–H and O–H groups in total. The Kier molecular flexibility index (Phi) is 5.87. The molecule has 0 bridgehead atoms. The Morgan fingerprint density at radius 3 is 2.52 bits per heavy atom. The highest BCUT2D eigenvalue weighted by atomic mass is 16.7. The van der Waals surface area contributed by atoms with Crippen molar-refractivity contribution in [2.24, 2.45) is 0 Å². The van der Waals surface area contributed by atoms with Gasteiger partial charge in [0.25, 0.3) is 5.69 Å². The summed E-state index contributed by atoms with van der Waals surface area (Å²) in [4.78, 5) is 10.5. The molecule has 1 fully saturated rings. The number of nitro groups is 1. The van der Waals surface area contributed by atoms with Crippen molar-refractivity contribution in [2.45, 2.75) is 44.1 Å². The van der Waals surface area contributed by atoms with E-state index < -0.39 is 41.7 Å². The van der Waals surface area contributed by atoms with E-state index in [2.05, 4.69) is 0 Å². The Bertz CT molecular complexity index is 900. The van der Waals surface area contributed by atoms with Gasteiger partial charge in [0.2, 0.25) is 6.29 Å². The quantitative estimate of drug-likeness (QED) is 0.428. The number of aliphatic hydroxyl groups excluding tert-OH is 3. The molecule has 1 aliphatic heterocycles. The zero-order valence-electron chi connectivity index (χ0n) is 15.9. The molecule has 2 aromatic carbocycles. The van der Waals surface area contributed by atoms with E-state index in [1.807, 2.05) is 0 Å². The normalized spacial score (nSPS) is 29.4. The summed E-state index contributed by atoms with van der Waals surface area (Å²) in [5.74, 6) is 0.352. The van der Waals surface area contributed by atoms with E-state index in [1.165, 1.54) is 19.1 Å². The maximum Gasteiger partial charge on any atom is 0.270 e. The second-order valence-electron chi connectivity index (χ2n) is 7.26. The van der Waals surface area contributed by atoms with Crippen LogP contribution in [0.2, 0.25) is 0 Å².